The van der Waals surface area contributed by atoms with E-state index in [1.807, 2.05) is 30.3 Å². The molecule has 0 spiro atoms. The lowest BCUT2D eigenvalue weighted by molar-refractivity contribution is -0.135. The summed E-state index contributed by atoms with van der Waals surface area (Å²) in [6.07, 6.45) is 0.748. The molecule has 2 heterocycles. The van der Waals surface area contributed by atoms with Crippen LogP contribution in [0, 0.1) is 5.82 Å². The zero-order valence-electron chi connectivity index (χ0n) is 17.4. The van der Waals surface area contributed by atoms with Gasteiger partial charge in [-0.1, -0.05) is 18.2 Å². The van der Waals surface area contributed by atoms with Crippen LogP contribution >= 0.6 is 0 Å². The first-order valence-corrected chi connectivity index (χ1v) is 11.3. The lowest BCUT2D eigenvalue weighted by atomic mass is 10.0. The first-order valence-electron chi connectivity index (χ1n) is 9.81. The zero-order chi connectivity index (χ0) is 23.0. The fraction of sp³-hybridized carbons (Fsp3) is 0.174. The predicted molar refractivity (Wildman–Crippen MR) is 116 cm³/mol. The van der Waals surface area contributed by atoms with Crippen LogP contribution in [0.25, 0.3) is 5.57 Å². The molecular formula is C23H20FN3O4S. The quantitative estimate of drug-likeness (QED) is 0.616. The summed E-state index contributed by atoms with van der Waals surface area (Å²) < 4.78 is 41.7. The molecular weight excluding hydrogens is 433 g/mol. The Morgan fingerprint density at radius 2 is 1.84 bits per heavy atom. The van der Waals surface area contributed by atoms with Gasteiger partial charge in [0.25, 0.3) is 0 Å². The largest absolute Gasteiger partial charge is 0.481 e. The van der Waals surface area contributed by atoms with Crippen molar-refractivity contribution in [3.05, 3.63) is 77.2 Å². The molecule has 1 aromatic heterocycles. The highest BCUT2D eigenvalue weighted by molar-refractivity contribution is 7.91. The van der Waals surface area contributed by atoms with Gasteiger partial charge in [0.05, 0.1) is 22.7 Å². The first kappa shape index (κ1) is 21.6. The standard InChI is InChI=1S/C23H20FN3O4S/c1-14-17(12-21(28)29)22-19(26-14)10-9-18(24)23(22)32(30,31)16-8-11-20(25-13-16)27(2)15-6-4-3-5-7-15/h3-11,13-14H,12H2,1-2H3,(H,28,29). The second-order valence-corrected chi connectivity index (χ2v) is 9.31. The van der Waals surface area contributed by atoms with Crippen LogP contribution in [0.3, 0.4) is 0 Å². The van der Waals surface area contributed by atoms with Crippen molar-refractivity contribution in [2.45, 2.75) is 29.2 Å². The van der Waals surface area contributed by atoms with Gasteiger partial charge in [-0.25, -0.2) is 17.8 Å². The molecule has 2 aromatic carbocycles. The number of hydrogen-bond donors (Lipinski definition) is 1. The number of carboxylic acids is 1. The van der Waals surface area contributed by atoms with E-state index < -0.39 is 39.0 Å². The van der Waals surface area contributed by atoms with Crippen molar-refractivity contribution < 1.29 is 22.7 Å². The van der Waals surface area contributed by atoms with Crippen LogP contribution in [0.4, 0.5) is 15.9 Å². The predicted octanol–water partition coefficient (Wildman–Crippen LogP) is 2.47. The summed E-state index contributed by atoms with van der Waals surface area (Å²) in [6.45, 7) is 1.66. The first-order chi connectivity index (χ1) is 15.2. The smallest absolute Gasteiger partial charge is 0.307 e. The van der Waals surface area contributed by atoms with Crippen molar-refractivity contribution in [3.8, 4) is 0 Å². The van der Waals surface area contributed by atoms with E-state index in [0.717, 1.165) is 11.8 Å². The maximum absolute atomic E-state index is 14.9. The average Bonchev–Trinajstić information content (AvgIpc) is 3.08. The number of carbonyl (C=O) groups is 1. The Morgan fingerprint density at radius 3 is 2.47 bits per heavy atom. The minimum atomic E-state index is -4.32. The van der Waals surface area contributed by atoms with E-state index in [9.17, 15) is 22.7 Å². The van der Waals surface area contributed by atoms with E-state index in [0.29, 0.717) is 5.82 Å². The van der Waals surface area contributed by atoms with Crippen molar-refractivity contribution in [1.82, 2.24) is 4.98 Å². The number of nitrogens with zero attached hydrogens (tertiary/aromatic N) is 3. The van der Waals surface area contributed by atoms with Crippen molar-refractivity contribution in [2.24, 2.45) is 4.99 Å². The third-order valence-electron chi connectivity index (χ3n) is 5.37. The number of halogens is 1. The van der Waals surface area contributed by atoms with E-state index in [1.54, 1.807) is 18.9 Å². The van der Waals surface area contributed by atoms with Crippen molar-refractivity contribution in [3.63, 3.8) is 0 Å². The van der Waals surface area contributed by atoms with E-state index in [1.165, 1.54) is 24.4 Å². The lowest BCUT2D eigenvalue weighted by Gasteiger charge is -2.18. The minimum Gasteiger partial charge on any atom is -0.481 e. The van der Waals surface area contributed by atoms with Crippen LogP contribution < -0.4 is 15.5 Å². The molecule has 1 aliphatic rings. The number of pyridine rings is 1. The Balaban J connectivity index is 1.83. The van der Waals surface area contributed by atoms with Gasteiger partial charge >= 0.3 is 5.97 Å². The number of aliphatic carboxylic acids is 1. The summed E-state index contributed by atoms with van der Waals surface area (Å²) in [6, 6.07) is 14.2. The van der Waals surface area contributed by atoms with Gasteiger partial charge in [0.1, 0.15) is 16.5 Å². The summed E-state index contributed by atoms with van der Waals surface area (Å²) >= 11 is 0. The van der Waals surface area contributed by atoms with Crippen LogP contribution in [0.1, 0.15) is 13.3 Å². The number of benzene rings is 2. The van der Waals surface area contributed by atoms with Gasteiger partial charge in [0, 0.05) is 24.2 Å². The van der Waals surface area contributed by atoms with E-state index in [2.05, 4.69) is 9.98 Å². The SMILES string of the molecule is CC1N=c2ccc(F)c(S(=O)(=O)c3ccc(N(C)c4ccccc4)nc3)c2=C1CC(=O)O. The molecule has 1 unspecified atom stereocenters. The molecule has 0 saturated heterocycles. The Labute approximate surface area is 184 Å². The number of fused-ring (bicyclic) bond motifs is 1. The summed E-state index contributed by atoms with van der Waals surface area (Å²) in [5.74, 6) is -1.59. The van der Waals surface area contributed by atoms with Crippen LogP contribution in [-0.4, -0.2) is 37.6 Å². The van der Waals surface area contributed by atoms with E-state index >= 15 is 0 Å². The van der Waals surface area contributed by atoms with Gasteiger partial charge in [0.15, 0.2) is 0 Å². The maximum atomic E-state index is 14.9. The third-order valence-corrected chi connectivity index (χ3v) is 7.17. The number of carboxylic acid groups (broad SMARTS) is 1. The molecule has 0 fully saturated rings. The molecule has 1 atom stereocenters. The van der Waals surface area contributed by atoms with Crippen molar-refractivity contribution in [1.29, 1.82) is 0 Å². The normalized spacial score (nSPS) is 15.2. The Hall–Kier alpha value is -3.59. The molecule has 7 nitrogen and oxygen atoms in total. The molecule has 3 aromatic rings. The number of rotatable bonds is 6. The van der Waals surface area contributed by atoms with Crippen LogP contribution in [0.2, 0.25) is 0 Å². The van der Waals surface area contributed by atoms with E-state index in [4.69, 9.17) is 0 Å². The minimum absolute atomic E-state index is 0.0328. The highest BCUT2D eigenvalue weighted by Gasteiger charge is 2.29. The van der Waals surface area contributed by atoms with Gasteiger partial charge in [0.2, 0.25) is 9.84 Å². The zero-order valence-corrected chi connectivity index (χ0v) is 18.2. The fourth-order valence-electron chi connectivity index (χ4n) is 3.75. The summed E-state index contributed by atoms with van der Waals surface area (Å²) in [4.78, 5) is 20.9. The fourth-order valence-corrected chi connectivity index (χ4v) is 5.26. The number of hydrogen-bond acceptors (Lipinski definition) is 6. The molecule has 0 saturated carbocycles. The average molecular weight is 453 g/mol. The van der Waals surface area contributed by atoms with Crippen molar-refractivity contribution >= 4 is 32.9 Å². The Kier molecular flexibility index (Phi) is 5.52. The van der Waals surface area contributed by atoms with Gasteiger partial charge in [-0.2, -0.15) is 0 Å². The number of aromatic nitrogens is 1. The van der Waals surface area contributed by atoms with Gasteiger partial charge < -0.3 is 10.0 Å². The molecule has 0 bridgehead atoms. The lowest BCUT2D eigenvalue weighted by Crippen LogP contribution is -2.32. The Bertz CT molecular complexity index is 1420. The third kappa shape index (κ3) is 3.75. The topological polar surface area (TPSA) is 99.9 Å². The molecule has 0 aliphatic carbocycles. The van der Waals surface area contributed by atoms with Crippen LogP contribution in [0.5, 0.6) is 0 Å². The Morgan fingerprint density at radius 1 is 1.12 bits per heavy atom. The monoisotopic (exact) mass is 453 g/mol. The van der Waals surface area contributed by atoms with Crippen molar-refractivity contribution in [2.75, 3.05) is 11.9 Å². The molecule has 0 amide bonds. The number of para-hydroxylation sites is 1. The van der Waals surface area contributed by atoms with Gasteiger partial charge in [-0.3, -0.25) is 9.79 Å². The van der Waals surface area contributed by atoms with Crippen LogP contribution in [0.15, 0.2) is 75.6 Å². The summed E-state index contributed by atoms with van der Waals surface area (Å²) in [7, 11) is -2.53. The summed E-state index contributed by atoms with van der Waals surface area (Å²) in [5, 5.41) is 9.55. The van der Waals surface area contributed by atoms with Gasteiger partial charge in [-0.15, -0.1) is 0 Å². The molecule has 164 valence electrons. The molecule has 9 heteroatoms. The number of sulfone groups is 1. The highest BCUT2D eigenvalue weighted by atomic mass is 32.2. The van der Waals surface area contributed by atoms with E-state index in [-0.39, 0.29) is 21.0 Å². The second-order valence-electron chi connectivity index (χ2n) is 7.42. The van der Waals surface area contributed by atoms with Crippen LogP contribution in [-0.2, 0) is 14.6 Å². The second kappa shape index (κ2) is 8.16. The molecule has 1 N–H and O–H groups in total. The maximum Gasteiger partial charge on any atom is 0.307 e. The van der Waals surface area contributed by atoms with Gasteiger partial charge in [-0.05, 0) is 48.9 Å². The number of anilines is 2. The summed E-state index contributed by atoms with van der Waals surface area (Å²) in [5.41, 5.74) is 1.13. The highest BCUT2D eigenvalue weighted by Crippen LogP contribution is 2.26. The molecule has 32 heavy (non-hydrogen) atoms. The molecule has 0 radical (unpaired) electrons. The molecule has 1 aliphatic heterocycles. The molecule has 4 rings (SSSR count).